The zero-order valence-electron chi connectivity index (χ0n) is 39.8. The Kier molecular flexibility index (Phi) is 26.2. The summed E-state index contributed by atoms with van der Waals surface area (Å²) < 4.78 is 52.7. The fourth-order valence-corrected chi connectivity index (χ4v) is 6.81. The fraction of sp³-hybridized carbons (Fsp3) is 0.204. The molecule has 4 heterocycles. The molecule has 19 heteroatoms. The van der Waals surface area contributed by atoms with Crippen LogP contribution in [0.4, 0.5) is 30.2 Å². The topological polar surface area (TPSA) is 204 Å². The molecule has 0 spiro atoms. The van der Waals surface area contributed by atoms with Crippen molar-refractivity contribution in [1.29, 1.82) is 5.41 Å². The molecule has 0 bridgehead atoms. The van der Waals surface area contributed by atoms with E-state index in [-0.39, 0.29) is 30.9 Å². The van der Waals surface area contributed by atoms with Gasteiger partial charge in [0.2, 0.25) is 0 Å². The van der Waals surface area contributed by atoms with Gasteiger partial charge in [0.1, 0.15) is 11.5 Å². The van der Waals surface area contributed by atoms with E-state index >= 15 is 0 Å². The molecule has 378 valence electrons. The van der Waals surface area contributed by atoms with E-state index in [4.69, 9.17) is 21.3 Å². The van der Waals surface area contributed by atoms with Crippen molar-refractivity contribution in [3.8, 4) is 28.5 Å². The van der Waals surface area contributed by atoms with Gasteiger partial charge in [0, 0.05) is 53.5 Å². The van der Waals surface area contributed by atoms with Gasteiger partial charge in [-0.1, -0.05) is 76.0 Å². The Labute approximate surface area is 440 Å². The molecule has 0 unspecified atom stereocenters. The Morgan fingerprint density at radius 3 is 1.58 bits per heavy atom. The molecule has 14 nitrogen and oxygen atoms in total. The predicted molar refractivity (Wildman–Crippen MR) is 277 cm³/mol. The number of carbonyl (C=O) groups is 3. The third-order valence-electron chi connectivity index (χ3n) is 10.3. The Morgan fingerprint density at radius 2 is 1.15 bits per heavy atom. The molecule has 0 radical (unpaired) electrons. The van der Waals surface area contributed by atoms with E-state index in [1.807, 2.05) is 29.2 Å². The average Bonchev–Trinajstić information content (AvgIpc) is 3.38. The molecule has 0 aliphatic rings. The van der Waals surface area contributed by atoms with Gasteiger partial charge in [0.15, 0.2) is 0 Å². The zero-order valence-corrected chi connectivity index (χ0v) is 42.3. The fourth-order valence-electron chi connectivity index (χ4n) is 6.81. The summed E-state index contributed by atoms with van der Waals surface area (Å²) in [4.78, 5) is 50.8. The molecule has 6 rings (SSSR count). The maximum Gasteiger partial charge on any atom is 2.00 e. The molecule has 0 atom stereocenters. The standard InChI is InChI=1S/C31H36F3N4.C22H15N3O6.CNS.Ru/c1-3-5-7-9-23-11-15-25(16-12-23)38(26-17-13-24(14-18-26)10-8-6-4-2)27-19-20-37-29(21-27)28(35)22-30(36)31(32,33)34;26-13-29-7-3-16-1-5-23-19(9-16)21-11-18(31-15-28)12-22(25-21)20-10-17(2-6-24-20)4-8-30-14-27;2-1-3;/h11-22,35-36H,3-10H2,1-2H3;1-15H;;/q-1;;-1;+2/b28-22-,36-30?;7-3+,8-4+;;. The summed E-state index contributed by atoms with van der Waals surface area (Å²) in [7, 11) is 0. The minimum Gasteiger partial charge on any atom is -0.753 e. The van der Waals surface area contributed by atoms with Gasteiger partial charge < -0.3 is 30.3 Å². The van der Waals surface area contributed by atoms with Crippen LogP contribution in [0.15, 0.2) is 134 Å². The Hall–Kier alpha value is -7.85. The van der Waals surface area contributed by atoms with Gasteiger partial charge in [0.25, 0.3) is 19.4 Å². The molecule has 2 aromatic carbocycles. The van der Waals surface area contributed by atoms with Gasteiger partial charge in [-0.2, -0.15) is 18.3 Å². The van der Waals surface area contributed by atoms with Gasteiger partial charge >= 0.3 is 25.7 Å². The monoisotopic (exact) mass is 1100 g/mol. The summed E-state index contributed by atoms with van der Waals surface area (Å²) in [6.07, 6.45) is 15.0. The maximum atomic E-state index is 12.9. The van der Waals surface area contributed by atoms with Crippen LogP contribution in [0.2, 0.25) is 0 Å². The van der Waals surface area contributed by atoms with Crippen LogP contribution in [-0.4, -0.2) is 56.4 Å². The molecule has 0 amide bonds. The second-order valence-electron chi connectivity index (χ2n) is 15.3. The number of carbonyl (C=O) groups excluding carboxylic acids is 3. The summed E-state index contributed by atoms with van der Waals surface area (Å²) >= 11 is 3.70. The summed E-state index contributed by atoms with van der Waals surface area (Å²) in [5.41, 5.74) is 14.4. The van der Waals surface area contributed by atoms with Crippen LogP contribution in [0.25, 0.3) is 51.8 Å². The van der Waals surface area contributed by atoms with Gasteiger partial charge in [-0.05, 0) is 127 Å². The van der Waals surface area contributed by atoms with Crippen LogP contribution >= 0.6 is 12.2 Å². The number of unbranched alkanes of at least 4 members (excludes halogenated alkanes) is 4. The Morgan fingerprint density at radius 1 is 0.685 bits per heavy atom. The first-order chi connectivity index (χ1) is 34.9. The molecular weight excluding hydrogens is 1050 g/mol. The summed E-state index contributed by atoms with van der Waals surface area (Å²) in [5, 5.41) is 15.7. The van der Waals surface area contributed by atoms with E-state index in [2.05, 4.69) is 79.7 Å². The van der Waals surface area contributed by atoms with Crippen molar-refractivity contribution in [2.45, 2.75) is 71.4 Å². The number of pyridine rings is 4. The molecule has 0 aliphatic heterocycles. The zero-order chi connectivity index (χ0) is 52.1. The summed E-state index contributed by atoms with van der Waals surface area (Å²) in [6, 6.07) is 30.0. The predicted octanol–water partition coefficient (Wildman–Crippen LogP) is 13.7. The molecule has 6 aromatic rings. The Bertz CT molecular complexity index is 2710. The largest absolute Gasteiger partial charge is 2.00 e. The summed E-state index contributed by atoms with van der Waals surface area (Å²) in [6.45, 7) is 5.31. The van der Waals surface area contributed by atoms with Crippen molar-refractivity contribution in [2.24, 2.45) is 0 Å². The molecule has 0 fully saturated rings. The van der Waals surface area contributed by atoms with Gasteiger partial charge in [-0.15, -0.1) is 5.70 Å². The quantitative estimate of drug-likeness (QED) is 0.0159. The number of allylic oxidation sites excluding steroid dienone is 1. The van der Waals surface area contributed by atoms with Crippen molar-refractivity contribution in [2.75, 3.05) is 4.90 Å². The first-order valence-electron chi connectivity index (χ1n) is 22.5. The van der Waals surface area contributed by atoms with Crippen LogP contribution in [0.1, 0.15) is 80.3 Å². The minimum atomic E-state index is -4.81. The first kappa shape index (κ1) is 59.5. The van der Waals surface area contributed by atoms with Crippen molar-refractivity contribution in [1.82, 2.24) is 19.9 Å². The number of isothiocyanates is 1. The molecular formula is C54H51F3N8O6RuS. The van der Waals surface area contributed by atoms with E-state index < -0.39 is 17.6 Å². The van der Waals surface area contributed by atoms with Crippen LogP contribution in [0.5, 0.6) is 5.75 Å². The number of hydrogen-bond donors (Lipinski definition) is 1. The van der Waals surface area contributed by atoms with Crippen LogP contribution in [-0.2, 0) is 56.2 Å². The number of ether oxygens (including phenoxy) is 3. The number of aromatic nitrogens is 4. The molecule has 0 saturated heterocycles. The third-order valence-corrected chi connectivity index (χ3v) is 10.3. The van der Waals surface area contributed by atoms with E-state index in [1.165, 1.54) is 60.7 Å². The number of benzene rings is 2. The second-order valence-corrected chi connectivity index (χ2v) is 15.5. The third kappa shape index (κ3) is 20.1. The number of nitrogens with zero attached hydrogens (tertiary/aromatic N) is 6. The second kappa shape index (κ2) is 32.2. The van der Waals surface area contributed by atoms with E-state index in [0.717, 1.165) is 48.2 Å². The van der Waals surface area contributed by atoms with Gasteiger partial charge in [-0.3, -0.25) is 34.7 Å². The number of thiocarbonyl (C=S) groups is 1. The molecule has 2 N–H and O–H groups in total. The maximum absolute atomic E-state index is 12.9. The van der Waals surface area contributed by atoms with E-state index in [1.54, 1.807) is 73.1 Å². The number of anilines is 3. The SMILES string of the molecule is CCCCCc1ccc(N(c2ccc(CCCCC)cc2)c2ccnc(/C([NH-])=C/C(=N)C(F)(F)F)c2)cc1.O=CO/C=C/c1ccnc(-c2cc(OC=O)cc(-c3cc(/C=C/OC=O)ccn3)n2)c1.[N-]=C=S.[Ru+2]. The van der Waals surface area contributed by atoms with Crippen LogP contribution in [0, 0.1) is 5.41 Å². The van der Waals surface area contributed by atoms with E-state index in [9.17, 15) is 27.6 Å². The number of alkyl halides is 3. The van der Waals surface area contributed by atoms with E-state index in [0.29, 0.717) is 54.0 Å². The van der Waals surface area contributed by atoms with Crippen molar-refractivity contribution < 1.29 is 61.2 Å². The number of halogens is 3. The van der Waals surface area contributed by atoms with Gasteiger partial charge in [-0.25, -0.2) is 4.98 Å². The number of rotatable bonds is 23. The number of hydrogen-bond acceptors (Lipinski definition) is 13. The molecule has 0 aliphatic carbocycles. The van der Waals surface area contributed by atoms with Crippen LogP contribution < -0.4 is 9.64 Å². The van der Waals surface area contributed by atoms with Gasteiger partial charge in [0.05, 0.1) is 35.3 Å². The number of aryl methyl sites for hydroxylation is 2. The van der Waals surface area contributed by atoms with Crippen molar-refractivity contribution in [3.63, 3.8) is 0 Å². The van der Waals surface area contributed by atoms with Crippen LogP contribution in [0.3, 0.4) is 0 Å². The molecule has 0 saturated carbocycles. The molecule has 4 aromatic heterocycles. The van der Waals surface area contributed by atoms with Crippen molar-refractivity contribution >= 4 is 77.4 Å². The first-order valence-corrected chi connectivity index (χ1v) is 22.9. The van der Waals surface area contributed by atoms with Crippen molar-refractivity contribution in [3.05, 3.63) is 173 Å². The Balaban J connectivity index is 0.000000367. The summed E-state index contributed by atoms with van der Waals surface area (Å²) in [5.74, 6) is 0.258. The minimum absolute atomic E-state index is 0. The number of nitrogens with one attached hydrogen (secondary N) is 2. The molecule has 73 heavy (non-hydrogen) atoms. The normalized spacial score (nSPS) is 10.9. The smallest absolute Gasteiger partial charge is 0.753 e. The average molecular weight is 1100 g/mol.